The molecule has 2 aromatic carbocycles. The Hall–Kier alpha value is -2.62. The van der Waals surface area contributed by atoms with Gasteiger partial charge in [0, 0.05) is 31.7 Å². The number of amides is 2. The predicted molar refractivity (Wildman–Crippen MR) is 148 cm³/mol. The number of nitrogens with zero attached hydrogens (tertiary/aromatic N) is 3. The van der Waals surface area contributed by atoms with Gasteiger partial charge in [-0.05, 0) is 68.5 Å². The van der Waals surface area contributed by atoms with Crippen LogP contribution in [-0.4, -0.2) is 62.2 Å². The van der Waals surface area contributed by atoms with Crippen LogP contribution in [0.4, 0.5) is 5.69 Å². The quantitative estimate of drug-likeness (QED) is 0.485. The summed E-state index contributed by atoms with van der Waals surface area (Å²) in [4.78, 5) is 28.5. The molecule has 0 aromatic heterocycles. The molecule has 1 atom stereocenters. The van der Waals surface area contributed by atoms with Gasteiger partial charge in [-0.15, -0.1) is 0 Å². The van der Waals surface area contributed by atoms with E-state index >= 15 is 0 Å². The predicted octanol–water partition coefficient (Wildman–Crippen LogP) is 4.05. The van der Waals surface area contributed by atoms with Gasteiger partial charge in [0.1, 0.15) is 12.6 Å². The number of anilines is 1. The highest BCUT2D eigenvalue weighted by Gasteiger charge is 2.34. The van der Waals surface area contributed by atoms with E-state index in [4.69, 9.17) is 11.6 Å². The van der Waals surface area contributed by atoms with Crippen LogP contribution in [0.1, 0.15) is 49.3 Å². The molecule has 0 spiro atoms. The number of rotatable bonds is 10. The van der Waals surface area contributed by atoms with E-state index in [0.29, 0.717) is 10.7 Å². The van der Waals surface area contributed by atoms with Crippen molar-refractivity contribution in [2.75, 3.05) is 24.9 Å². The first-order valence-electron chi connectivity index (χ1n) is 12.5. The second-order valence-corrected chi connectivity index (χ2v) is 12.4. The summed E-state index contributed by atoms with van der Waals surface area (Å²) in [6.07, 6.45) is 3.98. The van der Waals surface area contributed by atoms with Crippen molar-refractivity contribution < 1.29 is 18.0 Å². The van der Waals surface area contributed by atoms with Crippen molar-refractivity contribution >= 4 is 39.3 Å². The topological polar surface area (TPSA) is 90.0 Å². The van der Waals surface area contributed by atoms with E-state index in [9.17, 15) is 18.0 Å². The van der Waals surface area contributed by atoms with Crippen LogP contribution in [0, 0.1) is 13.8 Å². The van der Waals surface area contributed by atoms with Crippen LogP contribution < -0.4 is 9.62 Å². The van der Waals surface area contributed by atoms with E-state index in [-0.39, 0.29) is 18.5 Å². The van der Waals surface area contributed by atoms with Crippen molar-refractivity contribution in [1.29, 1.82) is 0 Å². The molecule has 0 heterocycles. The fourth-order valence-corrected chi connectivity index (χ4v) is 5.69. The Labute approximate surface area is 225 Å². The molecule has 8 nitrogen and oxygen atoms in total. The van der Waals surface area contributed by atoms with Crippen LogP contribution in [-0.2, 0) is 26.3 Å². The molecule has 0 saturated heterocycles. The van der Waals surface area contributed by atoms with E-state index in [2.05, 4.69) is 5.32 Å². The third-order valence-electron chi connectivity index (χ3n) is 6.79. The van der Waals surface area contributed by atoms with Crippen molar-refractivity contribution in [3.63, 3.8) is 0 Å². The van der Waals surface area contributed by atoms with Crippen LogP contribution in [0.3, 0.4) is 0 Å². The molecule has 37 heavy (non-hydrogen) atoms. The first kappa shape index (κ1) is 28.9. The largest absolute Gasteiger partial charge is 0.352 e. The van der Waals surface area contributed by atoms with Gasteiger partial charge in [0.15, 0.2) is 0 Å². The number of carbonyl (C=O) groups excluding carboxylic acids is 2. The molecule has 1 N–H and O–H groups in total. The Morgan fingerprint density at radius 2 is 1.68 bits per heavy atom. The van der Waals surface area contributed by atoms with Gasteiger partial charge in [-0.1, -0.05) is 48.7 Å². The van der Waals surface area contributed by atoms with Crippen LogP contribution in [0.5, 0.6) is 0 Å². The third kappa shape index (κ3) is 7.24. The average Bonchev–Trinajstić information content (AvgIpc) is 3.36. The molecule has 1 unspecified atom stereocenters. The van der Waals surface area contributed by atoms with Crippen molar-refractivity contribution in [2.24, 2.45) is 0 Å². The van der Waals surface area contributed by atoms with Gasteiger partial charge in [0.05, 0.1) is 5.69 Å². The van der Waals surface area contributed by atoms with Crippen molar-refractivity contribution in [1.82, 2.24) is 14.5 Å². The lowest BCUT2D eigenvalue weighted by molar-refractivity contribution is -0.139. The lowest BCUT2D eigenvalue weighted by Crippen LogP contribution is -2.53. The number of hydrogen-bond donors (Lipinski definition) is 1. The summed E-state index contributed by atoms with van der Waals surface area (Å²) in [5, 5.41) is 3.63. The van der Waals surface area contributed by atoms with E-state index in [1.165, 1.54) is 19.0 Å². The summed E-state index contributed by atoms with van der Waals surface area (Å²) >= 11 is 6.04. The van der Waals surface area contributed by atoms with Gasteiger partial charge < -0.3 is 10.2 Å². The molecule has 10 heteroatoms. The van der Waals surface area contributed by atoms with Crippen molar-refractivity contribution in [3.8, 4) is 0 Å². The highest BCUT2D eigenvalue weighted by atomic mass is 35.5. The molecule has 3 rings (SSSR count). The van der Waals surface area contributed by atoms with E-state index in [1.54, 1.807) is 44.2 Å². The first-order valence-corrected chi connectivity index (χ1v) is 14.3. The Bertz CT molecular complexity index is 1210. The van der Waals surface area contributed by atoms with Crippen LogP contribution in [0.25, 0.3) is 0 Å². The first-order chi connectivity index (χ1) is 17.4. The highest BCUT2D eigenvalue weighted by Crippen LogP contribution is 2.26. The second kappa shape index (κ2) is 12.3. The molecule has 1 saturated carbocycles. The van der Waals surface area contributed by atoms with E-state index in [0.717, 1.165) is 51.0 Å². The standard InChI is InChI=1S/C27H37ClN4O4S/c1-19-10-11-20(2)25(16-19)32(37(35,36)30(4)5)18-26(33)31(17-22-12-14-23(28)15-13-22)21(3)27(34)29-24-8-6-7-9-24/h10-16,21,24H,6-9,17-18H2,1-5H3,(H,29,34). The monoisotopic (exact) mass is 548 g/mol. The molecule has 0 radical (unpaired) electrons. The molecule has 1 aliphatic carbocycles. The molecule has 0 aliphatic heterocycles. The molecule has 0 bridgehead atoms. The van der Waals surface area contributed by atoms with Crippen LogP contribution >= 0.6 is 11.6 Å². The average molecular weight is 549 g/mol. The molecular weight excluding hydrogens is 512 g/mol. The SMILES string of the molecule is Cc1ccc(C)c(N(CC(=O)N(Cc2ccc(Cl)cc2)C(C)C(=O)NC2CCCC2)S(=O)(=O)N(C)C)c1. The summed E-state index contributed by atoms with van der Waals surface area (Å²) in [6, 6.07) is 11.8. The summed E-state index contributed by atoms with van der Waals surface area (Å²) < 4.78 is 28.9. The van der Waals surface area contributed by atoms with Crippen LogP contribution in [0.2, 0.25) is 5.02 Å². The van der Waals surface area contributed by atoms with Gasteiger partial charge in [-0.3, -0.25) is 9.59 Å². The highest BCUT2D eigenvalue weighted by molar-refractivity contribution is 7.90. The number of benzene rings is 2. The van der Waals surface area contributed by atoms with E-state index < -0.39 is 28.7 Å². The smallest absolute Gasteiger partial charge is 0.304 e. The number of nitrogens with one attached hydrogen (secondary N) is 1. The third-order valence-corrected chi connectivity index (χ3v) is 8.84. The van der Waals surface area contributed by atoms with Gasteiger partial charge >= 0.3 is 10.2 Å². The molecule has 1 aliphatic rings. The molecule has 202 valence electrons. The summed E-state index contributed by atoms with van der Waals surface area (Å²) in [5.41, 5.74) is 2.80. The summed E-state index contributed by atoms with van der Waals surface area (Å²) in [7, 11) is -1.14. The van der Waals surface area contributed by atoms with Gasteiger partial charge in [-0.2, -0.15) is 12.7 Å². The maximum Gasteiger partial charge on any atom is 0.304 e. The van der Waals surface area contributed by atoms with Gasteiger partial charge in [0.2, 0.25) is 11.8 Å². The Balaban J connectivity index is 1.95. The van der Waals surface area contributed by atoms with Gasteiger partial charge in [-0.25, -0.2) is 4.31 Å². The van der Waals surface area contributed by atoms with E-state index in [1.807, 2.05) is 19.1 Å². The summed E-state index contributed by atoms with van der Waals surface area (Å²) in [6.45, 7) is 5.05. The Kier molecular flexibility index (Phi) is 9.61. The minimum absolute atomic E-state index is 0.1000. The van der Waals surface area contributed by atoms with Crippen molar-refractivity contribution in [3.05, 3.63) is 64.2 Å². The lowest BCUT2D eigenvalue weighted by Gasteiger charge is -2.33. The zero-order valence-corrected chi connectivity index (χ0v) is 23.8. The normalized spacial score (nSPS) is 15.0. The molecular formula is C27H37ClN4O4S. The zero-order valence-electron chi connectivity index (χ0n) is 22.2. The second-order valence-electron chi connectivity index (χ2n) is 9.90. The molecule has 2 amide bonds. The number of carbonyl (C=O) groups is 2. The van der Waals surface area contributed by atoms with Crippen molar-refractivity contribution in [2.45, 2.75) is 65.1 Å². The van der Waals surface area contributed by atoms with Gasteiger partial charge in [0.25, 0.3) is 0 Å². The number of halogens is 1. The maximum absolute atomic E-state index is 13.8. The number of hydrogen-bond acceptors (Lipinski definition) is 4. The van der Waals surface area contributed by atoms with Crippen LogP contribution in [0.15, 0.2) is 42.5 Å². The summed E-state index contributed by atoms with van der Waals surface area (Å²) in [5.74, 6) is -0.724. The Morgan fingerprint density at radius 3 is 2.27 bits per heavy atom. The minimum Gasteiger partial charge on any atom is -0.352 e. The fraction of sp³-hybridized carbons (Fsp3) is 0.481. The zero-order chi connectivity index (χ0) is 27.3. The Morgan fingerprint density at radius 1 is 1.05 bits per heavy atom. The maximum atomic E-state index is 13.8. The lowest BCUT2D eigenvalue weighted by atomic mass is 10.1. The number of aryl methyl sites for hydroxylation is 2. The minimum atomic E-state index is -4.00. The fourth-order valence-electron chi connectivity index (χ4n) is 4.45. The molecule has 1 fully saturated rings. The molecule has 2 aromatic rings.